The van der Waals surface area contributed by atoms with Crippen LogP contribution in [0.15, 0.2) is 12.1 Å². The summed E-state index contributed by atoms with van der Waals surface area (Å²) in [5.74, 6) is -0.178. The van der Waals surface area contributed by atoms with Crippen LogP contribution < -0.4 is 10.6 Å². The Morgan fingerprint density at radius 2 is 2.13 bits per heavy atom. The Bertz CT molecular complexity index is 643. The minimum absolute atomic E-state index is 0.238. The second-order valence-corrected chi connectivity index (χ2v) is 7.15. The zero-order valence-corrected chi connectivity index (χ0v) is 18.2. The topological polar surface area (TPSA) is 104 Å². The van der Waals surface area contributed by atoms with E-state index in [4.69, 9.17) is 4.74 Å². The normalized spacial score (nSPS) is 13.1. The van der Waals surface area contributed by atoms with Gasteiger partial charge in [0.25, 0.3) is 0 Å². The number of carbonyl (C=O) groups excluding carboxylic acids is 1. The Balaban J connectivity index is 2.59. The van der Waals surface area contributed by atoms with Gasteiger partial charge in [-0.15, -0.1) is 0 Å². The van der Waals surface area contributed by atoms with Crippen LogP contribution >= 0.6 is 0 Å². The van der Waals surface area contributed by atoms with E-state index in [9.17, 15) is 19.1 Å². The van der Waals surface area contributed by atoms with Gasteiger partial charge in [-0.3, -0.25) is 4.79 Å². The Hall–Kier alpha value is -2.26. The van der Waals surface area contributed by atoms with Crippen LogP contribution in [0.5, 0.6) is 0 Å². The van der Waals surface area contributed by atoms with E-state index >= 15 is 0 Å². The minimum atomic E-state index is -1.09. The van der Waals surface area contributed by atoms with Gasteiger partial charge in [0.2, 0.25) is 6.41 Å². The largest absolute Gasteiger partial charge is 0.480 e. The molecule has 0 aliphatic carbocycles. The van der Waals surface area contributed by atoms with Crippen molar-refractivity contribution in [1.29, 1.82) is 0 Å². The number of nitrogens with one attached hydrogen (secondary N) is 2. The average Bonchev–Trinajstić information content (AvgIpc) is 2.76. The first-order chi connectivity index (χ1) is 14.5. The van der Waals surface area contributed by atoms with E-state index in [2.05, 4.69) is 28.6 Å². The molecule has 0 aliphatic rings. The lowest BCUT2D eigenvalue weighted by Gasteiger charge is -2.26. The van der Waals surface area contributed by atoms with E-state index in [-0.39, 0.29) is 6.42 Å². The molecule has 170 valence electrons. The van der Waals surface area contributed by atoms with Gasteiger partial charge in [0.15, 0.2) is 0 Å². The minimum Gasteiger partial charge on any atom is -0.480 e. The Labute approximate surface area is 178 Å². The van der Waals surface area contributed by atoms with Crippen molar-refractivity contribution in [3.8, 4) is 0 Å². The molecular weight excluding hydrogens is 391 g/mol. The first kappa shape index (κ1) is 25.8. The van der Waals surface area contributed by atoms with Crippen LogP contribution in [0.2, 0.25) is 0 Å². The summed E-state index contributed by atoms with van der Waals surface area (Å²) >= 11 is 0. The summed E-state index contributed by atoms with van der Waals surface area (Å²) in [6.07, 6.45) is 3.57. The maximum Gasteiger partial charge on any atom is 0.326 e. The van der Waals surface area contributed by atoms with Gasteiger partial charge in [0, 0.05) is 32.9 Å². The Kier molecular flexibility index (Phi) is 12.6. The molecule has 2 unspecified atom stereocenters. The predicted octanol–water partition coefficient (Wildman–Crippen LogP) is 1.88. The van der Waals surface area contributed by atoms with Gasteiger partial charge in [-0.05, 0) is 50.3 Å². The number of hydrogen-bond donors (Lipinski definition) is 3. The predicted molar refractivity (Wildman–Crippen MR) is 115 cm³/mol. The summed E-state index contributed by atoms with van der Waals surface area (Å²) in [4.78, 5) is 28.5. The molecule has 30 heavy (non-hydrogen) atoms. The molecule has 1 rings (SSSR count). The summed E-state index contributed by atoms with van der Waals surface area (Å²) in [7, 11) is 3.32. The lowest BCUT2D eigenvalue weighted by Crippen LogP contribution is -2.42. The first-order valence-corrected chi connectivity index (χ1v) is 10.4. The van der Waals surface area contributed by atoms with Gasteiger partial charge >= 0.3 is 5.97 Å². The highest BCUT2D eigenvalue weighted by Crippen LogP contribution is 2.15. The van der Waals surface area contributed by atoms with Gasteiger partial charge in [0.1, 0.15) is 18.5 Å². The monoisotopic (exact) mass is 426 g/mol. The number of carbonyl (C=O) groups is 2. The number of anilines is 1. The van der Waals surface area contributed by atoms with Crippen molar-refractivity contribution in [2.24, 2.45) is 0 Å². The highest BCUT2D eigenvalue weighted by atomic mass is 19.1. The maximum absolute atomic E-state index is 13.1. The van der Waals surface area contributed by atoms with Crippen molar-refractivity contribution in [2.45, 2.75) is 51.2 Å². The molecule has 0 aliphatic heterocycles. The van der Waals surface area contributed by atoms with E-state index in [1.807, 2.05) is 18.0 Å². The van der Waals surface area contributed by atoms with Gasteiger partial charge in [0.05, 0.1) is 6.10 Å². The number of pyridine rings is 1. The molecule has 0 saturated carbocycles. The molecule has 9 heteroatoms. The number of carboxylic acids is 1. The van der Waals surface area contributed by atoms with Gasteiger partial charge < -0.3 is 25.4 Å². The number of nitrogens with zero attached hydrogens (tertiary/aromatic N) is 2. The molecule has 1 heterocycles. The van der Waals surface area contributed by atoms with Crippen LogP contribution in [0.4, 0.5) is 10.2 Å². The third kappa shape index (κ3) is 9.04. The number of rotatable bonds is 17. The van der Waals surface area contributed by atoms with E-state index in [0.717, 1.165) is 37.2 Å². The zero-order valence-electron chi connectivity index (χ0n) is 18.2. The van der Waals surface area contributed by atoms with Gasteiger partial charge in [-0.1, -0.05) is 13.0 Å². The lowest BCUT2D eigenvalue weighted by atomic mass is 10.1. The van der Waals surface area contributed by atoms with Crippen LogP contribution in [0.3, 0.4) is 0 Å². The van der Waals surface area contributed by atoms with Crippen molar-refractivity contribution in [2.75, 3.05) is 45.8 Å². The number of halogens is 1. The first-order valence-electron chi connectivity index (χ1n) is 10.4. The molecule has 2 atom stereocenters. The lowest BCUT2D eigenvalue weighted by molar-refractivity contribution is -0.140. The maximum atomic E-state index is 13.1. The fourth-order valence-corrected chi connectivity index (χ4v) is 3.25. The molecule has 1 amide bonds. The Morgan fingerprint density at radius 3 is 2.70 bits per heavy atom. The van der Waals surface area contributed by atoms with Crippen molar-refractivity contribution < 1.29 is 23.8 Å². The van der Waals surface area contributed by atoms with E-state index in [0.29, 0.717) is 26.0 Å². The molecule has 8 nitrogen and oxygen atoms in total. The second kappa shape index (κ2) is 14.7. The Morgan fingerprint density at radius 1 is 1.37 bits per heavy atom. The number of carboxylic acid groups (broad SMARTS) is 1. The number of aliphatic carboxylic acids is 1. The SMILES string of the molecule is CCc1ccc(CCCCN(CCC(NC=O)C(=O)O)CC(CF)OC)nc1NC. The molecule has 0 fully saturated rings. The van der Waals surface area contributed by atoms with E-state index < -0.39 is 24.8 Å². The summed E-state index contributed by atoms with van der Waals surface area (Å²) in [6.45, 7) is 2.96. The summed E-state index contributed by atoms with van der Waals surface area (Å²) in [6, 6.07) is 3.18. The number of alkyl halides is 1. The molecule has 1 aromatic rings. The highest BCUT2D eigenvalue weighted by Gasteiger charge is 2.19. The summed E-state index contributed by atoms with van der Waals surface area (Å²) < 4.78 is 18.2. The molecule has 3 N–H and O–H groups in total. The molecule has 0 saturated heterocycles. The molecule has 0 radical (unpaired) electrons. The quantitative estimate of drug-likeness (QED) is 0.258. The average molecular weight is 427 g/mol. The number of ether oxygens (including phenoxy) is 1. The molecule has 0 spiro atoms. The van der Waals surface area contributed by atoms with Crippen molar-refractivity contribution in [1.82, 2.24) is 15.2 Å². The number of amides is 1. The number of methoxy groups -OCH3 is 1. The molecule has 1 aromatic heterocycles. The standard InChI is InChI=1S/C21H35FN4O4/c1-4-16-8-9-17(25-20(16)23-2)7-5-6-11-26(14-18(13-22)30-3)12-10-19(21(28)29)24-15-27/h8-9,15,18-19H,4-7,10-14H2,1-3H3,(H,23,25)(H,24,27)(H,28,29). The number of aryl methyl sites for hydroxylation is 2. The van der Waals surface area contributed by atoms with Crippen LogP contribution in [0.25, 0.3) is 0 Å². The third-order valence-electron chi connectivity index (χ3n) is 5.08. The number of aromatic nitrogens is 1. The van der Waals surface area contributed by atoms with Crippen LogP contribution in [0.1, 0.15) is 37.4 Å². The third-order valence-corrected chi connectivity index (χ3v) is 5.08. The van der Waals surface area contributed by atoms with Crippen LogP contribution in [-0.4, -0.2) is 80.0 Å². The fraction of sp³-hybridized carbons (Fsp3) is 0.667. The highest BCUT2D eigenvalue weighted by molar-refractivity contribution is 5.76. The number of hydrogen-bond acceptors (Lipinski definition) is 6. The van der Waals surface area contributed by atoms with E-state index in [1.165, 1.54) is 12.7 Å². The molecular formula is C21H35FN4O4. The van der Waals surface area contributed by atoms with Crippen molar-refractivity contribution in [3.63, 3.8) is 0 Å². The van der Waals surface area contributed by atoms with Gasteiger partial charge in [-0.2, -0.15) is 0 Å². The summed E-state index contributed by atoms with van der Waals surface area (Å²) in [5.41, 5.74) is 2.20. The molecule has 0 bridgehead atoms. The van der Waals surface area contributed by atoms with Crippen LogP contribution in [-0.2, 0) is 27.2 Å². The smallest absolute Gasteiger partial charge is 0.326 e. The fourth-order valence-electron chi connectivity index (χ4n) is 3.25. The second-order valence-electron chi connectivity index (χ2n) is 7.15. The van der Waals surface area contributed by atoms with E-state index in [1.54, 1.807) is 0 Å². The number of unbranched alkanes of at least 4 members (excludes halogenated alkanes) is 1. The molecule has 0 aromatic carbocycles. The zero-order chi connectivity index (χ0) is 22.4. The van der Waals surface area contributed by atoms with Gasteiger partial charge in [-0.25, -0.2) is 14.2 Å². The van der Waals surface area contributed by atoms with Crippen molar-refractivity contribution in [3.05, 3.63) is 23.4 Å². The van der Waals surface area contributed by atoms with Crippen molar-refractivity contribution >= 4 is 18.2 Å². The van der Waals surface area contributed by atoms with Crippen LogP contribution in [0, 0.1) is 0 Å². The summed E-state index contributed by atoms with van der Waals surface area (Å²) in [5, 5.41) is 14.6.